The lowest BCUT2D eigenvalue weighted by Gasteiger charge is -2.28. The minimum atomic E-state index is -0.191. The molecule has 2 N–H and O–H groups in total. The summed E-state index contributed by atoms with van der Waals surface area (Å²) in [5.41, 5.74) is 7.39. The van der Waals surface area contributed by atoms with Crippen LogP contribution in [0.2, 0.25) is 0 Å². The number of halogens is 1. The van der Waals surface area contributed by atoms with Crippen LogP contribution in [-0.4, -0.2) is 13.6 Å². The summed E-state index contributed by atoms with van der Waals surface area (Å²) in [4.78, 5) is 2.16. The van der Waals surface area contributed by atoms with Gasteiger partial charge >= 0.3 is 0 Å². The minimum absolute atomic E-state index is 0.191. The molecule has 0 unspecified atom stereocenters. The lowest BCUT2D eigenvalue weighted by molar-refractivity contribution is 0.362. The average Bonchev–Trinajstić information content (AvgIpc) is 2.39. The summed E-state index contributed by atoms with van der Waals surface area (Å²) in [6, 6.07) is 5.10. The molecular weight excluding hydrogens is 227 g/mol. The predicted octanol–water partition coefficient (Wildman–Crippen LogP) is 3.30. The third-order valence-corrected chi connectivity index (χ3v) is 3.88. The molecule has 1 saturated carbocycles. The highest BCUT2D eigenvalue weighted by molar-refractivity contribution is 5.48. The van der Waals surface area contributed by atoms with E-state index in [-0.39, 0.29) is 5.82 Å². The van der Waals surface area contributed by atoms with Gasteiger partial charge in [-0.25, -0.2) is 4.39 Å². The molecule has 2 rings (SSSR count). The van der Waals surface area contributed by atoms with Gasteiger partial charge in [-0.3, -0.25) is 0 Å². The van der Waals surface area contributed by atoms with Crippen LogP contribution in [0.25, 0.3) is 0 Å². The fourth-order valence-electron chi connectivity index (χ4n) is 2.83. The molecule has 0 atom stereocenters. The van der Waals surface area contributed by atoms with Crippen molar-refractivity contribution >= 4 is 5.69 Å². The SMILES string of the molecule is CN(CC1CCCCC1)c1cc(F)cc(CN)c1. The number of anilines is 1. The summed E-state index contributed by atoms with van der Waals surface area (Å²) in [6.45, 7) is 1.41. The van der Waals surface area contributed by atoms with E-state index in [0.29, 0.717) is 6.54 Å². The Hall–Kier alpha value is -1.09. The Morgan fingerprint density at radius 1 is 1.22 bits per heavy atom. The Bertz CT molecular complexity index is 386. The molecule has 1 aromatic carbocycles. The molecule has 1 aromatic rings. The van der Waals surface area contributed by atoms with Crippen molar-refractivity contribution < 1.29 is 4.39 Å². The van der Waals surface area contributed by atoms with Gasteiger partial charge < -0.3 is 10.6 Å². The van der Waals surface area contributed by atoms with Gasteiger partial charge in [-0.15, -0.1) is 0 Å². The van der Waals surface area contributed by atoms with Gasteiger partial charge in [-0.05, 0) is 42.5 Å². The van der Waals surface area contributed by atoms with E-state index in [4.69, 9.17) is 5.73 Å². The molecule has 18 heavy (non-hydrogen) atoms. The second kappa shape index (κ2) is 6.19. The maximum absolute atomic E-state index is 13.5. The zero-order valence-electron chi connectivity index (χ0n) is 11.2. The van der Waals surface area contributed by atoms with Crippen molar-refractivity contribution in [2.24, 2.45) is 11.7 Å². The van der Waals surface area contributed by atoms with Crippen LogP contribution in [0, 0.1) is 11.7 Å². The van der Waals surface area contributed by atoms with E-state index < -0.39 is 0 Å². The molecule has 0 saturated heterocycles. The summed E-state index contributed by atoms with van der Waals surface area (Å²) in [6.07, 6.45) is 6.68. The van der Waals surface area contributed by atoms with Crippen LogP contribution in [-0.2, 0) is 6.54 Å². The maximum Gasteiger partial charge on any atom is 0.125 e. The van der Waals surface area contributed by atoms with Gasteiger partial charge in [0.15, 0.2) is 0 Å². The molecule has 0 aliphatic heterocycles. The highest BCUT2D eigenvalue weighted by Crippen LogP contribution is 2.26. The van der Waals surface area contributed by atoms with E-state index in [0.717, 1.165) is 23.7 Å². The molecule has 0 heterocycles. The van der Waals surface area contributed by atoms with E-state index in [1.54, 1.807) is 6.07 Å². The average molecular weight is 250 g/mol. The monoisotopic (exact) mass is 250 g/mol. The molecular formula is C15H23FN2. The highest BCUT2D eigenvalue weighted by Gasteiger charge is 2.16. The predicted molar refractivity (Wildman–Crippen MR) is 74.1 cm³/mol. The second-order valence-electron chi connectivity index (χ2n) is 5.41. The molecule has 2 nitrogen and oxygen atoms in total. The molecule has 3 heteroatoms. The number of nitrogens with two attached hydrogens (primary N) is 1. The number of hydrogen-bond donors (Lipinski definition) is 1. The standard InChI is InChI=1S/C15H23FN2/c1-18(11-12-5-3-2-4-6-12)15-8-13(10-17)7-14(16)9-15/h7-9,12H,2-6,10-11,17H2,1H3. The van der Waals surface area contributed by atoms with Gasteiger partial charge in [0, 0.05) is 25.8 Å². The largest absolute Gasteiger partial charge is 0.374 e. The first-order valence-electron chi connectivity index (χ1n) is 6.89. The summed E-state index contributed by atoms with van der Waals surface area (Å²) >= 11 is 0. The van der Waals surface area contributed by atoms with Crippen LogP contribution >= 0.6 is 0 Å². The number of hydrogen-bond acceptors (Lipinski definition) is 2. The van der Waals surface area contributed by atoms with Crippen molar-refractivity contribution in [1.29, 1.82) is 0 Å². The van der Waals surface area contributed by atoms with Gasteiger partial charge in [-0.2, -0.15) is 0 Å². The van der Waals surface area contributed by atoms with Gasteiger partial charge in [0.2, 0.25) is 0 Å². The van der Waals surface area contributed by atoms with Gasteiger partial charge in [0.1, 0.15) is 5.82 Å². The first-order chi connectivity index (χ1) is 8.69. The summed E-state index contributed by atoms with van der Waals surface area (Å²) in [5, 5.41) is 0. The molecule has 1 aliphatic rings. The molecule has 0 radical (unpaired) electrons. The van der Waals surface area contributed by atoms with Crippen LogP contribution in [0.4, 0.5) is 10.1 Å². The normalized spacial score (nSPS) is 16.8. The van der Waals surface area contributed by atoms with E-state index in [9.17, 15) is 4.39 Å². The van der Waals surface area contributed by atoms with Crippen molar-refractivity contribution in [2.75, 3.05) is 18.5 Å². The van der Waals surface area contributed by atoms with E-state index in [2.05, 4.69) is 4.90 Å². The van der Waals surface area contributed by atoms with E-state index in [1.165, 1.54) is 38.2 Å². The zero-order valence-corrected chi connectivity index (χ0v) is 11.2. The zero-order chi connectivity index (χ0) is 13.0. The van der Waals surface area contributed by atoms with Crippen molar-refractivity contribution in [3.05, 3.63) is 29.6 Å². The maximum atomic E-state index is 13.5. The molecule has 0 amide bonds. The van der Waals surface area contributed by atoms with Crippen molar-refractivity contribution in [2.45, 2.75) is 38.6 Å². The number of rotatable bonds is 4. The number of benzene rings is 1. The first kappa shape index (κ1) is 13.3. The molecule has 1 aliphatic carbocycles. The van der Waals surface area contributed by atoms with E-state index >= 15 is 0 Å². The Morgan fingerprint density at radius 2 is 1.94 bits per heavy atom. The summed E-state index contributed by atoms with van der Waals surface area (Å²) in [5.74, 6) is 0.566. The molecule has 0 spiro atoms. The van der Waals surface area contributed by atoms with Crippen LogP contribution < -0.4 is 10.6 Å². The fourth-order valence-corrected chi connectivity index (χ4v) is 2.83. The van der Waals surface area contributed by atoms with Gasteiger partial charge in [0.05, 0.1) is 0 Å². The third kappa shape index (κ3) is 3.45. The molecule has 0 bridgehead atoms. The minimum Gasteiger partial charge on any atom is -0.374 e. The Morgan fingerprint density at radius 3 is 2.61 bits per heavy atom. The summed E-state index contributed by atoms with van der Waals surface area (Å²) in [7, 11) is 2.05. The van der Waals surface area contributed by atoms with Crippen LogP contribution in [0.15, 0.2) is 18.2 Å². The van der Waals surface area contributed by atoms with Crippen molar-refractivity contribution in [1.82, 2.24) is 0 Å². The van der Waals surface area contributed by atoms with Gasteiger partial charge in [0.25, 0.3) is 0 Å². The van der Waals surface area contributed by atoms with Crippen LogP contribution in [0.1, 0.15) is 37.7 Å². The van der Waals surface area contributed by atoms with Gasteiger partial charge in [-0.1, -0.05) is 19.3 Å². The molecule has 0 aromatic heterocycles. The second-order valence-corrected chi connectivity index (χ2v) is 5.41. The third-order valence-electron chi connectivity index (χ3n) is 3.88. The summed E-state index contributed by atoms with van der Waals surface area (Å²) < 4.78 is 13.5. The highest BCUT2D eigenvalue weighted by atomic mass is 19.1. The van der Waals surface area contributed by atoms with Crippen LogP contribution in [0.3, 0.4) is 0 Å². The first-order valence-corrected chi connectivity index (χ1v) is 6.89. The quantitative estimate of drug-likeness (QED) is 0.888. The lowest BCUT2D eigenvalue weighted by Crippen LogP contribution is -2.27. The Labute approximate surface area is 109 Å². The smallest absolute Gasteiger partial charge is 0.125 e. The van der Waals surface area contributed by atoms with Crippen molar-refractivity contribution in [3.63, 3.8) is 0 Å². The van der Waals surface area contributed by atoms with Crippen molar-refractivity contribution in [3.8, 4) is 0 Å². The molecule has 1 fully saturated rings. The number of nitrogens with zero attached hydrogens (tertiary/aromatic N) is 1. The van der Waals surface area contributed by atoms with Crippen LogP contribution in [0.5, 0.6) is 0 Å². The lowest BCUT2D eigenvalue weighted by atomic mass is 9.89. The molecule has 100 valence electrons. The topological polar surface area (TPSA) is 29.3 Å². The fraction of sp³-hybridized carbons (Fsp3) is 0.600. The Balaban J connectivity index is 2.02. The Kier molecular flexibility index (Phi) is 4.59. The van der Waals surface area contributed by atoms with E-state index in [1.807, 2.05) is 13.1 Å².